The molecule has 1 N–H and O–H groups in total. The number of hydrogen-bond donors (Lipinski definition) is 1. The molecule has 1 aromatic heterocycles. The van der Waals surface area contributed by atoms with Crippen LogP contribution in [-0.2, 0) is 0 Å². The standard InChI is InChI=1S/C21H13F3N2OS/c22-14-3-1-12(2-4-14)20-19(13-7-8-28-11-13)21(10-18(21)27)26(25-20)17-6-5-15(23)9-16(17)24/h1-11,19,27H. The topological polar surface area (TPSA) is 35.8 Å². The SMILES string of the molecule is OC1=CC12C(c1ccsc1)C(c1ccc(F)cc1)=NN2c1ccc(F)cc1F. The number of benzene rings is 2. The first kappa shape index (κ1) is 17.1. The minimum absolute atomic E-state index is 0.0547. The van der Waals surface area contributed by atoms with Gasteiger partial charge >= 0.3 is 0 Å². The van der Waals surface area contributed by atoms with Crippen molar-refractivity contribution < 1.29 is 18.3 Å². The number of anilines is 1. The molecule has 0 bridgehead atoms. The van der Waals surface area contributed by atoms with E-state index in [1.54, 1.807) is 18.2 Å². The van der Waals surface area contributed by atoms with Crippen LogP contribution >= 0.6 is 11.3 Å². The molecular weight excluding hydrogens is 385 g/mol. The van der Waals surface area contributed by atoms with Crippen molar-refractivity contribution in [3.8, 4) is 0 Å². The second kappa shape index (κ2) is 5.97. The number of thiophene rings is 1. The van der Waals surface area contributed by atoms with E-state index in [1.807, 2.05) is 16.8 Å². The van der Waals surface area contributed by atoms with Crippen LogP contribution in [0.25, 0.3) is 0 Å². The number of hydrogen-bond acceptors (Lipinski definition) is 4. The fourth-order valence-corrected chi connectivity index (χ4v) is 4.44. The van der Waals surface area contributed by atoms with Crippen molar-refractivity contribution in [2.45, 2.75) is 11.5 Å². The zero-order valence-corrected chi connectivity index (χ0v) is 15.1. The van der Waals surface area contributed by atoms with Crippen molar-refractivity contribution in [2.24, 2.45) is 5.10 Å². The Labute approximate surface area is 162 Å². The molecule has 1 aliphatic heterocycles. The molecule has 3 nitrogen and oxygen atoms in total. The van der Waals surface area contributed by atoms with Gasteiger partial charge in [0, 0.05) is 6.07 Å². The highest BCUT2D eigenvalue weighted by Crippen LogP contribution is 2.56. The molecule has 0 fully saturated rings. The summed E-state index contributed by atoms with van der Waals surface area (Å²) >= 11 is 1.50. The van der Waals surface area contributed by atoms with Crippen molar-refractivity contribution >= 4 is 22.7 Å². The maximum absolute atomic E-state index is 14.5. The Morgan fingerprint density at radius 2 is 1.71 bits per heavy atom. The molecule has 1 spiro atoms. The lowest BCUT2D eigenvalue weighted by Crippen LogP contribution is -2.38. The van der Waals surface area contributed by atoms with E-state index in [2.05, 4.69) is 5.10 Å². The average molecular weight is 398 g/mol. The van der Waals surface area contributed by atoms with Gasteiger partial charge in [-0.15, -0.1) is 0 Å². The molecule has 2 heterocycles. The maximum atomic E-state index is 14.5. The zero-order valence-electron chi connectivity index (χ0n) is 14.3. The van der Waals surface area contributed by atoms with Crippen LogP contribution in [0, 0.1) is 17.5 Å². The first-order valence-electron chi connectivity index (χ1n) is 8.55. The Morgan fingerprint density at radius 3 is 2.32 bits per heavy atom. The molecule has 0 saturated carbocycles. The van der Waals surface area contributed by atoms with Crippen LogP contribution in [0.4, 0.5) is 18.9 Å². The van der Waals surface area contributed by atoms with E-state index in [0.29, 0.717) is 11.3 Å². The molecule has 2 aliphatic rings. The highest BCUT2D eigenvalue weighted by Gasteiger charge is 2.63. The normalized spacial score (nSPS) is 23.1. The molecule has 0 amide bonds. The molecule has 7 heteroatoms. The van der Waals surface area contributed by atoms with E-state index in [4.69, 9.17) is 0 Å². The summed E-state index contributed by atoms with van der Waals surface area (Å²) in [6, 6.07) is 11.0. The van der Waals surface area contributed by atoms with Crippen LogP contribution in [-0.4, -0.2) is 16.4 Å². The van der Waals surface area contributed by atoms with Gasteiger partial charge in [0.1, 0.15) is 17.4 Å². The second-order valence-electron chi connectivity index (χ2n) is 6.74. The predicted molar refractivity (Wildman–Crippen MR) is 102 cm³/mol. The van der Waals surface area contributed by atoms with Crippen molar-refractivity contribution in [2.75, 3.05) is 5.01 Å². The van der Waals surface area contributed by atoms with Gasteiger partial charge in [-0.3, -0.25) is 0 Å². The Bertz CT molecular complexity index is 1130. The monoisotopic (exact) mass is 398 g/mol. The summed E-state index contributed by atoms with van der Waals surface area (Å²) in [6.45, 7) is 0. The fourth-order valence-electron chi connectivity index (χ4n) is 3.75. The van der Waals surface area contributed by atoms with Gasteiger partial charge in [0.2, 0.25) is 0 Å². The molecule has 28 heavy (non-hydrogen) atoms. The molecule has 1 aliphatic carbocycles. The van der Waals surface area contributed by atoms with E-state index in [0.717, 1.165) is 17.7 Å². The van der Waals surface area contributed by atoms with Gasteiger partial charge in [-0.1, -0.05) is 12.1 Å². The Balaban J connectivity index is 1.70. The van der Waals surface area contributed by atoms with Crippen LogP contribution in [0.3, 0.4) is 0 Å². The van der Waals surface area contributed by atoms with Crippen LogP contribution in [0.15, 0.2) is 76.2 Å². The second-order valence-corrected chi connectivity index (χ2v) is 7.52. The Kier molecular flexibility index (Phi) is 3.64. The number of hydrazone groups is 1. The van der Waals surface area contributed by atoms with Gasteiger partial charge in [-0.2, -0.15) is 16.4 Å². The van der Waals surface area contributed by atoms with E-state index >= 15 is 0 Å². The third-order valence-corrected chi connectivity index (χ3v) is 5.81. The Hall–Kier alpha value is -3.06. The number of aliphatic hydroxyl groups excluding tert-OH is 1. The first-order valence-corrected chi connectivity index (χ1v) is 9.49. The third-order valence-electron chi connectivity index (χ3n) is 5.11. The molecule has 2 unspecified atom stereocenters. The third kappa shape index (κ3) is 2.39. The van der Waals surface area contributed by atoms with E-state index in [9.17, 15) is 18.3 Å². The number of halogens is 3. The van der Waals surface area contributed by atoms with Crippen molar-refractivity contribution in [1.82, 2.24) is 0 Å². The zero-order chi connectivity index (χ0) is 19.5. The highest BCUT2D eigenvalue weighted by molar-refractivity contribution is 7.08. The van der Waals surface area contributed by atoms with Gasteiger partial charge < -0.3 is 5.11 Å². The van der Waals surface area contributed by atoms with Crippen LogP contribution < -0.4 is 5.01 Å². The molecular formula is C21H13F3N2OS. The van der Waals surface area contributed by atoms with E-state index in [-0.39, 0.29) is 17.3 Å². The largest absolute Gasteiger partial charge is 0.510 e. The van der Waals surface area contributed by atoms with Crippen molar-refractivity contribution in [3.05, 3.63) is 99.7 Å². The van der Waals surface area contributed by atoms with Crippen LogP contribution in [0.1, 0.15) is 17.0 Å². The van der Waals surface area contributed by atoms with Crippen LogP contribution in [0.2, 0.25) is 0 Å². The summed E-state index contributed by atoms with van der Waals surface area (Å²) in [4.78, 5) is 0. The quantitative estimate of drug-likeness (QED) is 0.644. The highest BCUT2D eigenvalue weighted by atomic mass is 32.1. The van der Waals surface area contributed by atoms with Gasteiger partial charge in [0.25, 0.3) is 0 Å². The average Bonchev–Trinajstić information content (AvgIpc) is 3.00. The summed E-state index contributed by atoms with van der Waals surface area (Å²) in [5, 5.41) is 20.3. The van der Waals surface area contributed by atoms with Crippen molar-refractivity contribution in [3.63, 3.8) is 0 Å². The van der Waals surface area contributed by atoms with Gasteiger partial charge in [-0.25, -0.2) is 18.2 Å². The number of rotatable bonds is 3. The molecule has 140 valence electrons. The maximum Gasteiger partial charge on any atom is 0.154 e. The summed E-state index contributed by atoms with van der Waals surface area (Å²) in [6.07, 6.45) is 1.61. The minimum Gasteiger partial charge on any atom is -0.510 e. The summed E-state index contributed by atoms with van der Waals surface area (Å²) < 4.78 is 41.4. The first-order chi connectivity index (χ1) is 13.5. The van der Waals surface area contributed by atoms with E-state index < -0.39 is 23.1 Å². The Morgan fingerprint density at radius 1 is 1.00 bits per heavy atom. The number of nitrogens with zero attached hydrogens (tertiary/aromatic N) is 2. The predicted octanol–water partition coefficient (Wildman–Crippen LogP) is 5.37. The summed E-state index contributed by atoms with van der Waals surface area (Å²) in [7, 11) is 0. The molecule has 0 saturated heterocycles. The summed E-state index contributed by atoms with van der Waals surface area (Å²) in [5.41, 5.74) is 1.14. The lowest BCUT2D eigenvalue weighted by Gasteiger charge is -2.28. The molecule has 3 aromatic rings. The fraction of sp³-hybridized carbons (Fsp3) is 0.0952. The number of aliphatic hydroxyl groups is 1. The lowest BCUT2D eigenvalue weighted by atomic mass is 9.83. The summed E-state index contributed by atoms with van der Waals surface area (Å²) in [5.74, 6) is -2.19. The minimum atomic E-state index is -1.05. The molecule has 2 aromatic carbocycles. The lowest BCUT2D eigenvalue weighted by molar-refractivity contribution is 0.380. The molecule has 0 radical (unpaired) electrons. The van der Waals surface area contributed by atoms with Gasteiger partial charge in [-0.05, 0) is 58.3 Å². The van der Waals surface area contributed by atoms with Crippen LogP contribution in [0.5, 0.6) is 0 Å². The van der Waals surface area contributed by atoms with Gasteiger partial charge in [0.15, 0.2) is 11.4 Å². The van der Waals surface area contributed by atoms with Gasteiger partial charge in [0.05, 0.1) is 17.3 Å². The smallest absolute Gasteiger partial charge is 0.154 e. The molecule has 5 rings (SSSR count). The molecule has 2 atom stereocenters. The van der Waals surface area contributed by atoms with Crippen molar-refractivity contribution in [1.29, 1.82) is 0 Å². The van der Waals surface area contributed by atoms with E-state index in [1.165, 1.54) is 34.5 Å².